The summed E-state index contributed by atoms with van der Waals surface area (Å²) in [6.07, 6.45) is 6.71. The van der Waals surface area contributed by atoms with Crippen molar-refractivity contribution in [3.05, 3.63) is 29.6 Å². The highest BCUT2D eigenvalue weighted by Gasteiger charge is 2.43. The lowest BCUT2D eigenvalue weighted by Crippen LogP contribution is -2.51. The zero-order valence-corrected chi connectivity index (χ0v) is 10.8. The highest BCUT2D eigenvalue weighted by Crippen LogP contribution is 2.46. The average molecular weight is 234 g/mol. The molecule has 0 saturated carbocycles. The van der Waals surface area contributed by atoms with E-state index in [1.165, 1.54) is 37.2 Å². The van der Waals surface area contributed by atoms with Crippen LogP contribution in [0.25, 0.3) is 0 Å². The molecule has 1 saturated heterocycles. The molecular formula is C13H18N2S. The molecule has 0 spiro atoms. The van der Waals surface area contributed by atoms with Gasteiger partial charge in [0.25, 0.3) is 0 Å². The summed E-state index contributed by atoms with van der Waals surface area (Å²) in [6, 6.07) is 4.35. The van der Waals surface area contributed by atoms with E-state index in [0.29, 0.717) is 10.7 Å². The zero-order chi connectivity index (χ0) is 11.2. The molecule has 1 aromatic heterocycles. The molecule has 2 unspecified atom stereocenters. The summed E-state index contributed by atoms with van der Waals surface area (Å²) in [5.41, 5.74) is 2.85. The molecule has 86 valence electrons. The van der Waals surface area contributed by atoms with Gasteiger partial charge in [0.1, 0.15) is 0 Å². The highest BCUT2D eigenvalue weighted by atomic mass is 32.2. The molecule has 0 radical (unpaired) electrons. The van der Waals surface area contributed by atoms with Gasteiger partial charge in [-0.25, -0.2) is 0 Å². The largest absolute Gasteiger partial charge is 0.304 e. The first kappa shape index (κ1) is 10.6. The van der Waals surface area contributed by atoms with Gasteiger partial charge in [-0.2, -0.15) is 11.8 Å². The summed E-state index contributed by atoms with van der Waals surface area (Å²) in [5.74, 6) is 0.649. The van der Waals surface area contributed by atoms with Crippen molar-refractivity contribution in [1.82, 2.24) is 9.88 Å². The third-order valence-corrected chi connectivity index (χ3v) is 5.27. The van der Waals surface area contributed by atoms with Crippen LogP contribution in [0.1, 0.15) is 23.6 Å². The maximum absolute atomic E-state index is 4.60. The summed E-state index contributed by atoms with van der Waals surface area (Å²) in [4.78, 5) is 7.08. The zero-order valence-electron chi connectivity index (χ0n) is 9.94. The van der Waals surface area contributed by atoms with Crippen LogP contribution >= 0.6 is 11.8 Å². The predicted molar refractivity (Wildman–Crippen MR) is 69.0 cm³/mol. The van der Waals surface area contributed by atoms with Crippen molar-refractivity contribution in [3.63, 3.8) is 0 Å². The van der Waals surface area contributed by atoms with Crippen LogP contribution in [0.2, 0.25) is 0 Å². The summed E-state index contributed by atoms with van der Waals surface area (Å²) >= 11 is 2.05. The van der Waals surface area contributed by atoms with Crippen molar-refractivity contribution >= 4 is 11.8 Å². The molecule has 2 nitrogen and oxygen atoms in total. The van der Waals surface area contributed by atoms with Gasteiger partial charge in [-0.3, -0.25) is 4.98 Å². The second-order valence-corrected chi connectivity index (χ2v) is 6.48. The first-order valence-electron chi connectivity index (χ1n) is 5.90. The summed E-state index contributed by atoms with van der Waals surface area (Å²) in [6.45, 7) is 2.39. The molecule has 0 N–H and O–H groups in total. The minimum atomic E-state index is 0.438. The Bertz CT molecular complexity index is 407. The monoisotopic (exact) mass is 234 g/mol. The molecule has 1 fully saturated rings. The lowest BCUT2D eigenvalue weighted by atomic mass is 9.76. The van der Waals surface area contributed by atoms with Crippen molar-refractivity contribution in [1.29, 1.82) is 0 Å². The first-order chi connectivity index (χ1) is 7.72. The standard InChI is InChI=1S/C13H18N2S/c1-15-8-11-7-13(9-15,16-2)6-10-4-3-5-14-12(10)11/h3-5,11H,6-9H2,1-2H3. The Kier molecular flexibility index (Phi) is 2.48. The fourth-order valence-corrected chi connectivity index (χ4v) is 4.37. The normalized spacial score (nSPS) is 33.5. The number of hydrogen-bond donors (Lipinski definition) is 0. The number of rotatable bonds is 1. The number of fused-ring (bicyclic) bond motifs is 4. The number of nitrogens with zero attached hydrogens (tertiary/aromatic N) is 2. The van der Waals surface area contributed by atoms with E-state index in [9.17, 15) is 0 Å². The van der Waals surface area contributed by atoms with Crippen molar-refractivity contribution in [3.8, 4) is 0 Å². The molecule has 1 aromatic rings. The van der Waals surface area contributed by atoms with E-state index in [1.807, 2.05) is 18.0 Å². The summed E-state index contributed by atoms with van der Waals surface area (Å²) < 4.78 is 0.438. The third-order valence-electron chi connectivity index (χ3n) is 3.97. The van der Waals surface area contributed by atoms with E-state index in [1.54, 1.807) is 0 Å². The molecule has 0 aromatic carbocycles. The number of aromatic nitrogens is 1. The van der Waals surface area contributed by atoms with E-state index in [0.717, 1.165) is 0 Å². The van der Waals surface area contributed by atoms with Gasteiger partial charge in [-0.05, 0) is 37.8 Å². The Morgan fingerprint density at radius 1 is 1.56 bits per heavy atom. The second kappa shape index (κ2) is 3.74. The van der Waals surface area contributed by atoms with Crippen LogP contribution in [-0.2, 0) is 6.42 Å². The van der Waals surface area contributed by atoms with Crippen molar-refractivity contribution in [2.45, 2.75) is 23.5 Å². The highest BCUT2D eigenvalue weighted by molar-refractivity contribution is 8.00. The fourth-order valence-electron chi connectivity index (χ4n) is 3.36. The van der Waals surface area contributed by atoms with Crippen molar-refractivity contribution < 1.29 is 0 Å². The quantitative estimate of drug-likeness (QED) is 0.741. The van der Waals surface area contributed by atoms with Gasteiger partial charge in [0.05, 0.1) is 0 Å². The fraction of sp³-hybridized carbons (Fsp3) is 0.615. The molecule has 0 amide bonds. The Morgan fingerprint density at radius 2 is 2.44 bits per heavy atom. The topological polar surface area (TPSA) is 16.1 Å². The minimum absolute atomic E-state index is 0.438. The van der Waals surface area contributed by atoms with E-state index >= 15 is 0 Å². The van der Waals surface area contributed by atoms with Gasteiger partial charge in [-0.1, -0.05) is 6.07 Å². The predicted octanol–water partition coefficient (Wildman–Crippen LogP) is 2.16. The van der Waals surface area contributed by atoms with E-state index in [4.69, 9.17) is 0 Å². The molecule has 3 heteroatoms. The summed E-state index contributed by atoms with van der Waals surface area (Å²) in [5, 5.41) is 0. The van der Waals surface area contributed by atoms with Crippen LogP contribution in [0.3, 0.4) is 0 Å². The molecule has 3 rings (SSSR count). The Labute approximate surface area is 101 Å². The maximum Gasteiger partial charge on any atom is 0.0480 e. The van der Waals surface area contributed by atoms with Gasteiger partial charge in [-0.15, -0.1) is 0 Å². The number of likely N-dealkylation sites (N-methyl/N-ethyl adjacent to an activating group) is 1. The first-order valence-corrected chi connectivity index (χ1v) is 7.12. The van der Waals surface area contributed by atoms with E-state index in [2.05, 4.69) is 35.3 Å². The Morgan fingerprint density at radius 3 is 3.25 bits per heavy atom. The minimum Gasteiger partial charge on any atom is -0.304 e. The van der Waals surface area contributed by atoms with Gasteiger partial charge in [0, 0.05) is 35.6 Å². The molecule has 1 aliphatic heterocycles. The van der Waals surface area contributed by atoms with Crippen molar-refractivity contribution in [2.75, 3.05) is 26.4 Å². The SMILES string of the molecule is CSC12Cc3cccnc3C(CN(C)C1)C2. The molecule has 1 aliphatic carbocycles. The van der Waals surface area contributed by atoms with Gasteiger partial charge >= 0.3 is 0 Å². The number of thioether (sulfide) groups is 1. The molecule has 2 aliphatic rings. The molecule has 2 heterocycles. The number of likely N-dealkylation sites (tertiary alicyclic amines) is 1. The maximum atomic E-state index is 4.60. The average Bonchev–Trinajstić information content (AvgIpc) is 2.28. The van der Waals surface area contributed by atoms with Crippen LogP contribution in [0.4, 0.5) is 0 Å². The molecular weight excluding hydrogens is 216 g/mol. The van der Waals surface area contributed by atoms with Gasteiger partial charge in [0.15, 0.2) is 0 Å². The lowest BCUT2D eigenvalue weighted by molar-refractivity contribution is 0.193. The second-order valence-electron chi connectivity index (χ2n) is 5.21. The van der Waals surface area contributed by atoms with Crippen LogP contribution in [-0.4, -0.2) is 41.0 Å². The van der Waals surface area contributed by atoms with Crippen molar-refractivity contribution in [2.24, 2.45) is 0 Å². The van der Waals surface area contributed by atoms with Crippen LogP contribution < -0.4 is 0 Å². The Hall–Kier alpha value is -0.540. The van der Waals surface area contributed by atoms with Crippen LogP contribution in [0.15, 0.2) is 18.3 Å². The third kappa shape index (κ3) is 1.57. The molecule has 2 atom stereocenters. The van der Waals surface area contributed by atoms with E-state index in [-0.39, 0.29) is 0 Å². The van der Waals surface area contributed by atoms with E-state index < -0.39 is 0 Å². The van der Waals surface area contributed by atoms with Crippen LogP contribution in [0.5, 0.6) is 0 Å². The number of hydrogen-bond acceptors (Lipinski definition) is 3. The number of piperidine rings is 1. The smallest absolute Gasteiger partial charge is 0.0480 e. The molecule has 16 heavy (non-hydrogen) atoms. The number of pyridine rings is 1. The van der Waals surface area contributed by atoms with Crippen LogP contribution in [0, 0.1) is 0 Å². The van der Waals surface area contributed by atoms with Gasteiger partial charge in [0.2, 0.25) is 0 Å². The molecule has 2 bridgehead atoms. The van der Waals surface area contributed by atoms with Gasteiger partial charge < -0.3 is 4.90 Å². The summed E-state index contributed by atoms with van der Waals surface area (Å²) in [7, 11) is 2.24. The lowest BCUT2D eigenvalue weighted by Gasteiger charge is -2.48. The Balaban J connectivity index is 2.05.